The number of amides is 1. The molecule has 0 aliphatic heterocycles. The third-order valence-corrected chi connectivity index (χ3v) is 5.09. The molecule has 6 heteroatoms. The van der Waals surface area contributed by atoms with Crippen LogP contribution >= 0.6 is 0 Å². The fraction of sp³-hybridized carbons (Fsp3) is 0.409. The minimum Gasteiger partial charge on any atom is -0.492 e. The van der Waals surface area contributed by atoms with E-state index in [1.54, 1.807) is 11.1 Å². The number of para-hydroxylation sites is 1. The molecule has 3 aromatic rings. The van der Waals surface area contributed by atoms with Crippen molar-refractivity contribution >= 4 is 16.9 Å². The first-order valence-electron chi connectivity index (χ1n) is 9.86. The Bertz CT molecular complexity index is 977. The standard InChI is InChI=1S/C22H26N4O2/c1-15(2)26-21-19(14-23-26)18(13-20(24-21)16-9-10-16)22(27)25(3)11-12-28-17-7-5-4-6-8-17/h4-8,13-16H,9-12H2,1-3H3. The highest BCUT2D eigenvalue weighted by molar-refractivity contribution is 6.05. The summed E-state index contributed by atoms with van der Waals surface area (Å²) in [4.78, 5) is 19.7. The predicted octanol–water partition coefficient (Wildman–Crippen LogP) is 4.04. The molecule has 1 aromatic carbocycles. The van der Waals surface area contributed by atoms with Gasteiger partial charge in [0.2, 0.25) is 0 Å². The van der Waals surface area contributed by atoms with Crippen LogP contribution in [0.5, 0.6) is 5.75 Å². The van der Waals surface area contributed by atoms with Crippen LogP contribution in [0.3, 0.4) is 0 Å². The van der Waals surface area contributed by atoms with Crippen LogP contribution in [0.1, 0.15) is 54.7 Å². The second-order valence-corrected chi connectivity index (χ2v) is 7.68. The van der Waals surface area contributed by atoms with Crippen LogP contribution in [0.15, 0.2) is 42.6 Å². The van der Waals surface area contributed by atoms with E-state index in [1.165, 1.54) is 0 Å². The number of aromatic nitrogens is 3. The third-order valence-electron chi connectivity index (χ3n) is 5.09. The molecule has 1 amide bonds. The Morgan fingerprint density at radius 3 is 2.71 bits per heavy atom. The van der Waals surface area contributed by atoms with Gasteiger partial charge in [-0.1, -0.05) is 18.2 Å². The Hall–Kier alpha value is -2.89. The molecule has 4 rings (SSSR count). The summed E-state index contributed by atoms with van der Waals surface area (Å²) >= 11 is 0. The Morgan fingerprint density at radius 1 is 1.29 bits per heavy atom. The van der Waals surface area contributed by atoms with Gasteiger partial charge < -0.3 is 9.64 Å². The fourth-order valence-corrected chi connectivity index (χ4v) is 3.30. The molecule has 6 nitrogen and oxygen atoms in total. The lowest BCUT2D eigenvalue weighted by molar-refractivity contribution is 0.0775. The van der Waals surface area contributed by atoms with E-state index in [0.717, 1.165) is 35.3 Å². The van der Waals surface area contributed by atoms with Crippen molar-refractivity contribution in [2.45, 2.75) is 38.6 Å². The summed E-state index contributed by atoms with van der Waals surface area (Å²) in [6, 6.07) is 11.8. The van der Waals surface area contributed by atoms with Crippen molar-refractivity contribution < 1.29 is 9.53 Å². The number of carbonyl (C=O) groups is 1. The quantitative estimate of drug-likeness (QED) is 0.622. The summed E-state index contributed by atoms with van der Waals surface area (Å²) in [5, 5.41) is 5.30. The van der Waals surface area contributed by atoms with Gasteiger partial charge in [-0.15, -0.1) is 0 Å². The molecule has 0 bridgehead atoms. The molecule has 2 aromatic heterocycles. The van der Waals surface area contributed by atoms with Crippen molar-refractivity contribution in [3.8, 4) is 5.75 Å². The molecule has 0 N–H and O–H groups in total. The Labute approximate surface area is 165 Å². The molecule has 0 saturated heterocycles. The largest absolute Gasteiger partial charge is 0.492 e. The molecule has 146 valence electrons. The minimum absolute atomic E-state index is 0.0192. The number of pyridine rings is 1. The molecular formula is C22H26N4O2. The zero-order chi connectivity index (χ0) is 19.7. The molecule has 28 heavy (non-hydrogen) atoms. The van der Waals surface area contributed by atoms with E-state index >= 15 is 0 Å². The van der Waals surface area contributed by atoms with Crippen LogP contribution in [0.25, 0.3) is 11.0 Å². The SMILES string of the molecule is CC(C)n1ncc2c(C(=O)N(C)CCOc3ccccc3)cc(C3CC3)nc21. The molecule has 1 aliphatic rings. The van der Waals surface area contributed by atoms with Crippen LogP contribution in [-0.2, 0) is 0 Å². The fourth-order valence-electron chi connectivity index (χ4n) is 3.30. The van der Waals surface area contributed by atoms with Crippen LogP contribution in [0.4, 0.5) is 0 Å². The van der Waals surface area contributed by atoms with Crippen molar-refractivity contribution in [1.82, 2.24) is 19.7 Å². The normalized spacial score (nSPS) is 13.9. The molecule has 0 spiro atoms. The van der Waals surface area contributed by atoms with E-state index in [9.17, 15) is 4.79 Å². The monoisotopic (exact) mass is 378 g/mol. The first-order valence-corrected chi connectivity index (χ1v) is 9.86. The summed E-state index contributed by atoms with van der Waals surface area (Å²) in [5.41, 5.74) is 2.49. The van der Waals surface area contributed by atoms with Crippen LogP contribution in [-0.4, -0.2) is 45.8 Å². The number of fused-ring (bicyclic) bond motifs is 1. The summed E-state index contributed by atoms with van der Waals surface area (Å²) in [7, 11) is 1.81. The number of carbonyl (C=O) groups excluding carboxylic acids is 1. The average Bonchev–Trinajstić information content (AvgIpc) is 3.46. The Morgan fingerprint density at radius 2 is 2.04 bits per heavy atom. The minimum atomic E-state index is -0.0192. The second kappa shape index (κ2) is 7.62. The number of hydrogen-bond acceptors (Lipinski definition) is 4. The van der Waals surface area contributed by atoms with E-state index in [4.69, 9.17) is 9.72 Å². The van der Waals surface area contributed by atoms with Gasteiger partial charge in [0, 0.05) is 24.7 Å². The van der Waals surface area contributed by atoms with Crippen LogP contribution in [0.2, 0.25) is 0 Å². The van der Waals surface area contributed by atoms with Gasteiger partial charge in [-0.05, 0) is 44.9 Å². The number of hydrogen-bond donors (Lipinski definition) is 0. The number of nitrogens with zero attached hydrogens (tertiary/aromatic N) is 4. The maximum absolute atomic E-state index is 13.2. The lowest BCUT2D eigenvalue weighted by atomic mass is 10.1. The first kappa shape index (κ1) is 18.5. The van der Waals surface area contributed by atoms with E-state index < -0.39 is 0 Å². The lowest BCUT2D eigenvalue weighted by Gasteiger charge is -2.18. The average molecular weight is 378 g/mol. The van der Waals surface area contributed by atoms with Crippen molar-refractivity contribution in [3.63, 3.8) is 0 Å². The van der Waals surface area contributed by atoms with Crippen LogP contribution < -0.4 is 4.74 Å². The molecular weight excluding hydrogens is 352 g/mol. The van der Waals surface area contributed by atoms with Crippen molar-refractivity contribution in [3.05, 3.63) is 53.9 Å². The number of benzene rings is 1. The second-order valence-electron chi connectivity index (χ2n) is 7.68. The molecule has 2 heterocycles. The van der Waals surface area contributed by atoms with Gasteiger partial charge in [0.1, 0.15) is 12.4 Å². The maximum Gasteiger partial charge on any atom is 0.254 e. The van der Waals surface area contributed by atoms with Crippen LogP contribution in [0, 0.1) is 0 Å². The zero-order valence-electron chi connectivity index (χ0n) is 16.6. The molecule has 0 atom stereocenters. The summed E-state index contributed by atoms with van der Waals surface area (Å²) in [6.07, 6.45) is 4.05. The molecule has 0 unspecified atom stereocenters. The predicted molar refractivity (Wildman–Crippen MR) is 109 cm³/mol. The van der Waals surface area contributed by atoms with Gasteiger partial charge in [0.05, 0.1) is 23.7 Å². The number of ether oxygens (including phenoxy) is 1. The first-order chi connectivity index (χ1) is 13.5. The number of likely N-dealkylation sites (N-methyl/N-ethyl adjacent to an activating group) is 1. The summed E-state index contributed by atoms with van der Waals surface area (Å²) in [5.74, 6) is 1.26. The summed E-state index contributed by atoms with van der Waals surface area (Å²) < 4.78 is 7.63. The van der Waals surface area contributed by atoms with Gasteiger partial charge in [-0.2, -0.15) is 5.10 Å². The topological polar surface area (TPSA) is 60.2 Å². The van der Waals surface area contributed by atoms with Crippen molar-refractivity contribution in [1.29, 1.82) is 0 Å². The lowest BCUT2D eigenvalue weighted by Crippen LogP contribution is -2.31. The highest BCUT2D eigenvalue weighted by Gasteiger charge is 2.28. The van der Waals surface area contributed by atoms with Crippen molar-refractivity contribution in [2.24, 2.45) is 0 Å². The molecule has 1 aliphatic carbocycles. The van der Waals surface area contributed by atoms with E-state index in [2.05, 4.69) is 18.9 Å². The van der Waals surface area contributed by atoms with Crippen molar-refractivity contribution in [2.75, 3.05) is 20.2 Å². The highest BCUT2D eigenvalue weighted by Crippen LogP contribution is 2.40. The smallest absolute Gasteiger partial charge is 0.254 e. The molecule has 1 saturated carbocycles. The Balaban J connectivity index is 1.55. The third kappa shape index (κ3) is 3.72. The van der Waals surface area contributed by atoms with Gasteiger partial charge >= 0.3 is 0 Å². The summed E-state index contributed by atoms with van der Waals surface area (Å²) in [6.45, 7) is 5.11. The number of rotatable bonds is 7. The van der Waals surface area contributed by atoms with E-state index in [0.29, 0.717) is 24.6 Å². The molecule has 0 radical (unpaired) electrons. The van der Waals surface area contributed by atoms with Gasteiger partial charge in [0.25, 0.3) is 5.91 Å². The van der Waals surface area contributed by atoms with Gasteiger partial charge in [0.15, 0.2) is 5.65 Å². The highest BCUT2D eigenvalue weighted by atomic mass is 16.5. The van der Waals surface area contributed by atoms with E-state index in [-0.39, 0.29) is 11.9 Å². The van der Waals surface area contributed by atoms with Gasteiger partial charge in [-0.25, -0.2) is 9.67 Å². The Kier molecular flexibility index (Phi) is 5.03. The zero-order valence-corrected chi connectivity index (χ0v) is 16.6. The molecule has 1 fully saturated rings. The van der Waals surface area contributed by atoms with Gasteiger partial charge in [-0.3, -0.25) is 4.79 Å². The van der Waals surface area contributed by atoms with E-state index in [1.807, 2.05) is 48.1 Å². The maximum atomic E-state index is 13.2.